The summed E-state index contributed by atoms with van der Waals surface area (Å²) in [5, 5.41) is 15.7. The van der Waals surface area contributed by atoms with Crippen molar-refractivity contribution in [3.05, 3.63) is 24.5 Å². The SMILES string of the molecule is OB(ON1CCC1)c1cc2ncccn2n1. The number of nitrogens with zero attached hydrogens (tertiary/aromatic N) is 4. The van der Waals surface area contributed by atoms with Crippen LogP contribution in [0.25, 0.3) is 5.65 Å². The molecule has 0 aliphatic carbocycles. The smallest absolute Gasteiger partial charge is 0.421 e. The molecule has 1 aliphatic rings. The number of hydrogen-bond acceptors (Lipinski definition) is 5. The van der Waals surface area contributed by atoms with Crippen molar-refractivity contribution < 1.29 is 9.78 Å². The molecule has 1 N–H and O–H groups in total. The summed E-state index contributed by atoms with van der Waals surface area (Å²) in [5.74, 6) is 0. The minimum Gasteiger partial charge on any atom is -0.421 e. The van der Waals surface area contributed by atoms with E-state index in [4.69, 9.17) is 4.76 Å². The fourth-order valence-corrected chi connectivity index (χ4v) is 1.56. The zero-order valence-electron chi connectivity index (χ0n) is 8.65. The Bertz CT molecular complexity index is 466. The van der Waals surface area contributed by atoms with E-state index in [9.17, 15) is 5.02 Å². The van der Waals surface area contributed by atoms with Gasteiger partial charge in [-0.1, -0.05) is 0 Å². The highest BCUT2D eigenvalue weighted by Crippen LogP contribution is 2.06. The van der Waals surface area contributed by atoms with Gasteiger partial charge in [-0.3, -0.25) is 0 Å². The van der Waals surface area contributed by atoms with Crippen LogP contribution in [0.4, 0.5) is 0 Å². The second kappa shape index (κ2) is 3.86. The van der Waals surface area contributed by atoms with E-state index in [2.05, 4.69) is 10.1 Å². The average Bonchev–Trinajstić information content (AvgIpc) is 2.66. The molecule has 0 amide bonds. The van der Waals surface area contributed by atoms with Crippen molar-refractivity contribution in [2.75, 3.05) is 13.1 Å². The van der Waals surface area contributed by atoms with Gasteiger partial charge in [0.1, 0.15) is 0 Å². The van der Waals surface area contributed by atoms with E-state index < -0.39 is 7.12 Å². The van der Waals surface area contributed by atoms with Crippen LogP contribution in [0.3, 0.4) is 0 Å². The molecule has 82 valence electrons. The minimum atomic E-state index is -1.01. The molecule has 0 unspecified atom stereocenters. The molecule has 2 aromatic heterocycles. The van der Waals surface area contributed by atoms with E-state index in [1.165, 1.54) is 0 Å². The molecule has 0 radical (unpaired) electrons. The standard InChI is InChI=1S/C9H11BN4O2/c15-10(16-13-4-2-5-13)8-7-9-11-3-1-6-14(9)12-8/h1,3,6-7,15H,2,4-5H2. The maximum Gasteiger partial charge on any atom is 0.530 e. The summed E-state index contributed by atoms with van der Waals surface area (Å²) < 4.78 is 6.90. The Kier molecular flexibility index (Phi) is 2.35. The number of hydroxylamine groups is 2. The molecule has 16 heavy (non-hydrogen) atoms. The van der Waals surface area contributed by atoms with Crippen LogP contribution in [0.2, 0.25) is 0 Å². The van der Waals surface area contributed by atoms with Crippen LogP contribution in [0.5, 0.6) is 0 Å². The zero-order chi connectivity index (χ0) is 11.0. The van der Waals surface area contributed by atoms with Crippen molar-refractivity contribution in [2.24, 2.45) is 0 Å². The Hall–Kier alpha value is -1.44. The summed E-state index contributed by atoms with van der Waals surface area (Å²) in [6, 6.07) is 3.50. The predicted octanol–water partition coefficient (Wildman–Crippen LogP) is -0.946. The lowest BCUT2D eigenvalue weighted by Crippen LogP contribution is -2.47. The molecule has 0 aromatic carbocycles. The highest BCUT2D eigenvalue weighted by molar-refractivity contribution is 6.59. The lowest BCUT2D eigenvalue weighted by Gasteiger charge is -2.30. The fraction of sp³-hybridized carbons (Fsp3) is 0.333. The number of rotatable bonds is 3. The largest absolute Gasteiger partial charge is 0.530 e. The van der Waals surface area contributed by atoms with Gasteiger partial charge in [-0.15, -0.1) is 0 Å². The fourth-order valence-electron chi connectivity index (χ4n) is 1.56. The maximum atomic E-state index is 9.79. The molecule has 7 heteroatoms. The quantitative estimate of drug-likeness (QED) is 0.673. The van der Waals surface area contributed by atoms with Crippen LogP contribution in [0.15, 0.2) is 24.5 Å². The lowest BCUT2D eigenvalue weighted by atomic mass is 9.86. The molecular weight excluding hydrogens is 207 g/mol. The molecule has 1 aliphatic heterocycles. The summed E-state index contributed by atoms with van der Waals surface area (Å²) in [4.78, 5) is 4.12. The summed E-state index contributed by atoms with van der Waals surface area (Å²) in [5.41, 5.74) is 1.18. The van der Waals surface area contributed by atoms with Gasteiger partial charge in [-0.05, 0) is 12.5 Å². The lowest BCUT2D eigenvalue weighted by molar-refractivity contribution is -0.120. The van der Waals surface area contributed by atoms with Crippen molar-refractivity contribution in [1.29, 1.82) is 0 Å². The molecule has 1 fully saturated rings. The van der Waals surface area contributed by atoms with Crippen molar-refractivity contribution in [3.63, 3.8) is 0 Å². The Morgan fingerprint density at radius 3 is 3.00 bits per heavy atom. The highest BCUT2D eigenvalue weighted by Gasteiger charge is 2.27. The van der Waals surface area contributed by atoms with Crippen LogP contribution >= 0.6 is 0 Å². The highest BCUT2D eigenvalue weighted by atomic mass is 16.7. The topological polar surface area (TPSA) is 62.9 Å². The molecule has 0 bridgehead atoms. The van der Waals surface area contributed by atoms with Crippen LogP contribution in [0.1, 0.15) is 6.42 Å². The molecule has 0 saturated carbocycles. The first-order chi connectivity index (χ1) is 7.83. The van der Waals surface area contributed by atoms with E-state index in [1.807, 2.05) is 0 Å². The first-order valence-corrected chi connectivity index (χ1v) is 5.23. The van der Waals surface area contributed by atoms with Gasteiger partial charge in [0.05, 0.1) is 5.59 Å². The second-order valence-electron chi connectivity index (χ2n) is 3.73. The number of aromatic nitrogens is 3. The van der Waals surface area contributed by atoms with Gasteiger partial charge in [0.25, 0.3) is 0 Å². The third kappa shape index (κ3) is 1.69. The van der Waals surface area contributed by atoms with Gasteiger partial charge in [0.15, 0.2) is 5.65 Å². The van der Waals surface area contributed by atoms with E-state index in [1.54, 1.807) is 34.1 Å². The minimum absolute atomic E-state index is 0.477. The Balaban J connectivity index is 1.81. The van der Waals surface area contributed by atoms with Crippen LogP contribution in [0, 0.1) is 0 Å². The predicted molar refractivity (Wildman–Crippen MR) is 57.9 cm³/mol. The van der Waals surface area contributed by atoms with Crippen molar-refractivity contribution in [1.82, 2.24) is 19.7 Å². The van der Waals surface area contributed by atoms with Crippen LogP contribution < -0.4 is 5.59 Å². The van der Waals surface area contributed by atoms with Crippen LogP contribution in [-0.4, -0.2) is 44.9 Å². The third-order valence-corrected chi connectivity index (χ3v) is 2.57. The monoisotopic (exact) mass is 218 g/mol. The Morgan fingerprint density at radius 2 is 2.31 bits per heavy atom. The van der Waals surface area contributed by atoms with Gasteiger partial charge in [-0.25, -0.2) is 14.6 Å². The molecule has 0 atom stereocenters. The molecule has 0 spiro atoms. The van der Waals surface area contributed by atoms with E-state index in [0.717, 1.165) is 19.5 Å². The summed E-state index contributed by atoms with van der Waals surface area (Å²) in [6.07, 6.45) is 4.57. The molecular formula is C9H11BN4O2. The van der Waals surface area contributed by atoms with Gasteiger partial charge in [-0.2, -0.15) is 5.10 Å². The number of fused-ring (bicyclic) bond motifs is 1. The van der Waals surface area contributed by atoms with Crippen LogP contribution in [-0.2, 0) is 4.76 Å². The van der Waals surface area contributed by atoms with Crippen molar-refractivity contribution >= 4 is 18.4 Å². The van der Waals surface area contributed by atoms with E-state index in [-0.39, 0.29) is 0 Å². The second-order valence-corrected chi connectivity index (χ2v) is 3.73. The maximum absolute atomic E-state index is 9.79. The van der Waals surface area contributed by atoms with E-state index in [0.29, 0.717) is 11.2 Å². The Morgan fingerprint density at radius 1 is 1.44 bits per heavy atom. The average molecular weight is 218 g/mol. The molecule has 3 heterocycles. The number of hydrogen-bond donors (Lipinski definition) is 1. The van der Waals surface area contributed by atoms with Gasteiger partial charge in [0.2, 0.25) is 0 Å². The Labute approximate surface area is 92.6 Å². The van der Waals surface area contributed by atoms with E-state index >= 15 is 0 Å². The van der Waals surface area contributed by atoms with Gasteiger partial charge >= 0.3 is 7.12 Å². The first-order valence-electron chi connectivity index (χ1n) is 5.23. The molecule has 3 rings (SSSR count). The molecule has 1 saturated heterocycles. The van der Waals surface area contributed by atoms with Gasteiger partial charge < -0.3 is 9.78 Å². The molecule has 6 nitrogen and oxygen atoms in total. The third-order valence-electron chi connectivity index (χ3n) is 2.57. The summed E-state index contributed by atoms with van der Waals surface area (Å²) in [6.45, 7) is 1.73. The zero-order valence-corrected chi connectivity index (χ0v) is 8.65. The normalized spacial score (nSPS) is 16.3. The van der Waals surface area contributed by atoms with Crippen molar-refractivity contribution in [3.8, 4) is 0 Å². The first kappa shape index (κ1) is 9.77. The van der Waals surface area contributed by atoms with Crippen molar-refractivity contribution in [2.45, 2.75) is 6.42 Å². The van der Waals surface area contributed by atoms with Gasteiger partial charge in [0, 0.05) is 31.5 Å². The molecule has 2 aromatic rings. The summed E-state index contributed by atoms with van der Waals surface area (Å²) >= 11 is 0. The summed E-state index contributed by atoms with van der Waals surface area (Å²) in [7, 11) is -1.01.